The van der Waals surface area contributed by atoms with Gasteiger partial charge in [-0.15, -0.1) is 0 Å². The molecule has 0 aliphatic heterocycles. The molecule has 1 N–H and O–H groups in total. The number of carbonyl (C=O) groups is 1. The Kier molecular flexibility index (Phi) is 4.22. The lowest BCUT2D eigenvalue weighted by molar-refractivity contribution is 0.0935. The molecule has 0 saturated heterocycles. The van der Waals surface area contributed by atoms with Crippen molar-refractivity contribution < 1.29 is 9.53 Å². The molecule has 1 aromatic heterocycles. The molecule has 1 rings (SSSR count). The van der Waals surface area contributed by atoms with Gasteiger partial charge in [-0.3, -0.25) is 9.78 Å². The number of hydrogen-bond donors (Lipinski definition) is 1. The van der Waals surface area contributed by atoms with Crippen LogP contribution in [0.3, 0.4) is 0 Å². The van der Waals surface area contributed by atoms with Crippen LogP contribution < -0.4 is 10.1 Å². The fraction of sp³-hybridized carbons (Fsp3) is 0.545. The molecule has 0 aliphatic carbocycles. The van der Waals surface area contributed by atoms with Crippen molar-refractivity contribution >= 4 is 5.91 Å². The van der Waals surface area contributed by atoms with Gasteiger partial charge in [0.15, 0.2) is 0 Å². The van der Waals surface area contributed by atoms with Crippen molar-refractivity contribution in [3.63, 3.8) is 0 Å². The molecule has 0 radical (unpaired) electrons. The Balaban J connectivity index is 2.77. The normalized spacial score (nSPS) is 10.6. The third-order valence-electron chi connectivity index (χ3n) is 1.62. The van der Waals surface area contributed by atoms with Gasteiger partial charge in [0.1, 0.15) is 5.69 Å². The molecule has 0 fully saturated rings. The summed E-state index contributed by atoms with van der Waals surface area (Å²) in [4.78, 5) is 19.6. The summed E-state index contributed by atoms with van der Waals surface area (Å²) in [6, 6.07) is 0.0731. The van der Waals surface area contributed by atoms with Crippen LogP contribution in [-0.4, -0.2) is 28.0 Å². The highest BCUT2D eigenvalue weighted by Gasteiger charge is 2.10. The Labute approximate surface area is 95.3 Å². The highest BCUT2D eigenvalue weighted by molar-refractivity contribution is 5.92. The molecular formula is C11H17N3O2. The summed E-state index contributed by atoms with van der Waals surface area (Å²) in [7, 11) is 0. The summed E-state index contributed by atoms with van der Waals surface area (Å²) in [5.74, 6) is 0.128. The van der Waals surface area contributed by atoms with Crippen LogP contribution in [0, 0.1) is 0 Å². The first-order valence-corrected chi connectivity index (χ1v) is 5.28. The Hall–Kier alpha value is -1.65. The van der Waals surface area contributed by atoms with Gasteiger partial charge in [-0.1, -0.05) is 0 Å². The number of rotatable bonds is 4. The fourth-order valence-electron chi connectivity index (χ4n) is 1.09. The first kappa shape index (κ1) is 12.4. The van der Waals surface area contributed by atoms with E-state index in [1.54, 1.807) is 0 Å². The summed E-state index contributed by atoms with van der Waals surface area (Å²) in [6.07, 6.45) is 2.93. The second-order valence-corrected chi connectivity index (χ2v) is 4.04. The van der Waals surface area contributed by atoms with E-state index in [9.17, 15) is 4.79 Å². The molecule has 1 heterocycles. The summed E-state index contributed by atoms with van der Waals surface area (Å²) < 4.78 is 5.36. The van der Waals surface area contributed by atoms with Crippen LogP contribution in [-0.2, 0) is 0 Å². The highest BCUT2D eigenvalue weighted by atomic mass is 16.5. The zero-order valence-electron chi connectivity index (χ0n) is 10.0. The van der Waals surface area contributed by atoms with E-state index in [1.807, 2.05) is 27.7 Å². The molecule has 0 aromatic carbocycles. The van der Waals surface area contributed by atoms with Gasteiger partial charge in [0.25, 0.3) is 5.91 Å². The Bertz CT molecular complexity index is 364. The molecule has 5 heteroatoms. The van der Waals surface area contributed by atoms with Crippen LogP contribution in [0.2, 0.25) is 0 Å². The Morgan fingerprint density at radius 1 is 1.31 bits per heavy atom. The standard InChI is InChI=1S/C11H17N3O2/c1-7(2)13-11(15)9-5-12-6-10(14-9)16-8(3)4/h5-8H,1-4H3,(H,13,15). The van der Waals surface area contributed by atoms with Crippen LogP contribution in [0.15, 0.2) is 12.4 Å². The molecule has 1 amide bonds. The summed E-state index contributed by atoms with van der Waals surface area (Å²) in [6.45, 7) is 7.56. The van der Waals surface area contributed by atoms with Gasteiger partial charge >= 0.3 is 0 Å². The number of amides is 1. The molecule has 5 nitrogen and oxygen atoms in total. The minimum atomic E-state index is -0.239. The van der Waals surface area contributed by atoms with Gasteiger partial charge < -0.3 is 10.1 Å². The fourth-order valence-corrected chi connectivity index (χ4v) is 1.09. The minimum absolute atomic E-state index is 0.0118. The zero-order chi connectivity index (χ0) is 12.1. The monoisotopic (exact) mass is 223 g/mol. The molecule has 0 atom stereocenters. The molecular weight excluding hydrogens is 206 g/mol. The van der Waals surface area contributed by atoms with E-state index in [-0.39, 0.29) is 23.7 Å². The van der Waals surface area contributed by atoms with Gasteiger partial charge in [-0.2, -0.15) is 0 Å². The summed E-state index contributed by atoms with van der Waals surface area (Å²) >= 11 is 0. The second-order valence-electron chi connectivity index (χ2n) is 4.04. The van der Waals surface area contributed by atoms with Crippen molar-refractivity contribution in [2.75, 3.05) is 0 Å². The Morgan fingerprint density at radius 3 is 2.56 bits per heavy atom. The lowest BCUT2D eigenvalue weighted by Gasteiger charge is -2.10. The van der Waals surface area contributed by atoms with Crippen LogP contribution in [0.5, 0.6) is 5.88 Å². The molecule has 0 unspecified atom stereocenters. The number of nitrogens with one attached hydrogen (secondary N) is 1. The van der Waals surface area contributed by atoms with Crippen molar-refractivity contribution in [3.05, 3.63) is 18.1 Å². The lowest BCUT2D eigenvalue weighted by atomic mass is 10.3. The van der Waals surface area contributed by atoms with E-state index in [4.69, 9.17) is 4.74 Å². The number of hydrogen-bond acceptors (Lipinski definition) is 4. The van der Waals surface area contributed by atoms with Gasteiger partial charge in [-0.05, 0) is 27.7 Å². The molecule has 16 heavy (non-hydrogen) atoms. The molecule has 0 bridgehead atoms. The lowest BCUT2D eigenvalue weighted by Crippen LogP contribution is -2.31. The van der Waals surface area contributed by atoms with Crippen molar-refractivity contribution in [2.24, 2.45) is 0 Å². The average molecular weight is 223 g/mol. The van der Waals surface area contributed by atoms with E-state index in [2.05, 4.69) is 15.3 Å². The van der Waals surface area contributed by atoms with Gasteiger partial charge in [0.05, 0.1) is 18.5 Å². The SMILES string of the molecule is CC(C)NC(=O)c1cncc(OC(C)C)n1. The van der Waals surface area contributed by atoms with Gasteiger partial charge in [0, 0.05) is 6.04 Å². The molecule has 0 aliphatic rings. The first-order valence-electron chi connectivity index (χ1n) is 5.28. The molecule has 88 valence electrons. The van der Waals surface area contributed by atoms with E-state index < -0.39 is 0 Å². The van der Waals surface area contributed by atoms with Crippen molar-refractivity contribution in [2.45, 2.75) is 39.8 Å². The minimum Gasteiger partial charge on any atom is -0.474 e. The Morgan fingerprint density at radius 2 is 2.00 bits per heavy atom. The smallest absolute Gasteiger partial charge is 0.271 e. The van der Waals surface area contributed by atoms with Crippen LogP contribution in [0.4, 0.5) is 0 Å². The third-order valence-corrected chi connectivity index (χ3v) is 1.62. The quantitative estimate of drug-likeness (QED) is 0.838. The van der Waals surface area contributed by atoms with Crippen LogP contribution in [0.25, 0.3) is 0 Å². The zero-order valence-corrected chi connectivity index (χ0v) is 10.0. The number of nitrogens with zero attached hydrogens (tertiary/aromatic N) is 2. The largest absolute Gasteiger partial charge is 0.474 e. The maximum Gasteiger partial charge on any atom is 0.271 e. The highest BCUT2D eigenvalue weighted by Crippen LogP contribution is 2.07. The molecule has 0 spiro atoms. The molecule has 1 aromatic rings. The maximum absolute atomic E-state index is 11.6. The average Bonchev–Trinajstić information content (AvgIpc) is 2.16. The topological polar surface area (TPSA) is 64.1 Å². The van der Waals surface area contributed by atoms with E-state index >= 15 is 0 Å². The maximum atomic E-state index is 11.6. The van der Waals surface area contributed by atoms with Crippen molar-refractivity contribution in [1.29, 1.82) is 0 Å². The third kappa shape index (κ3) is 3.84. The first-order chi connectivity index (χ1) is 7.49. The summed E-state index contributed by atoms with van der Waals surface area (Å²) in [5.41, 5.74) is 0.270. The summed E-state index contributed by atoms with van der Waals surface area (Å²) in [5, 5.41) is 2.74. The predicted octanol–water partition coefficient (Wildman–Crippen LogP) is 1.40. The molecule has 0 saturated carbocycles. The van der Waals surface area contributed by atoms with Crippen LogP contribution >= 0.6 is 0 Å². The van der Waals surface area contributed by atoms with Crippen LogP contribution in [0.1, 0.15) is 38.2 Å². The van der Waals surface area contributed by atoms with Crippen molar-refractivity contribution in [3.8, 4) is 5.88 Å². The van der Waals surface area contributed by atoms with Crippen molar-refractivity contribution in [1.82, 2.24) is 15.3 Å². The predicted molar refractivity (Wildman–Crippen MR) is 60.4 cm³/mol. The number of ether oxygens (including phenoxy) is 1. The van der Waals surface area contributed by atoms with Gasteiger partial charge in [0.2, 0.25) is 5.88 Å². The van der Waals surface area contributed by atoms with Gasteiger partial charge in [-0.25, -0.2) is 4.98 Å². The number of carbonyl (C=O) groups excluding carboxylic acids is 1. The van der Waals surface area contributed by atoms with E-state index in [0.29, 0.717) is 5.88 Å². The van der Waals surface area contributed by atoms with E-state index in [0.717, 1.165) is 0 Å². The second kappa shape index (κ2) is 5.44. The van der Waals surface area contributed by atoms with E-state index in [1.165, 1.54) is 12.4 Å². The number of aromatic nitrogens is 2.